The van der Waals surface area contributed by atoms with E-state index in [1.807, 2.05) is 0 Å². The van der Waals surface area contributed by atoms with Crippen LogP contribution in [0.4, 0.5) is 0 Å². The molecule has 5 rings (SSSR count). The molecule has 5 saturated carbocycles. The second-order valence-corrected chi connectivity index (χ2v) is 14.2. The minimum atomic E-state index is -0.561. The van der Waals surface area contributed by atoms with E-state index in [9.17, 15) is 14.7 Å². The van der Waals surface area contributed by atoms with E-state index in [-0.39, 0.29) is 33.5 Å². The van der Waals surface area contributed by atoms with Crippen LogP contribution in [0.15, 0.2) is 12.2 Å². The van der Waals surface area contributed by atoms with E-state index in [0.29, 0.717) is 23.5 Å². The third kappa shape index (κ3) is 2.69. The Balaban J connectivity index is 1.57. The molecule has 33 heavy (non-hydrogen) atoms. The van der Waals surface area contributed by atoms with Gasteiger partial charge in [-0.3, -0.25) is 9.59 Å². The number of Topliss-reactive ketones (excluding diaryl/α,β-unsaturated/α-hetero) is 1. The maximum atomic E-state index is 12.9. The zero-order valence-electron chi connectivity index (χ0n) is 21.9. The summed E-state index contributed by atoms with van der Waals surface area (Å²) in [6.45, 7) is 18.7. The van der Waals surface area contributed by atoms with Gasteiger partial charge >= 0.3 is 5.97 Å². The molecule has 0 amide bonds. The lowest BCUT2D eigenvalue weighted by Gasteiger charge is -2.73. The first-order chi connectivity index (χ1) is 15.3. The van der Waals surface area contributed by atoms with Gasteiger partial charge in [0.25, 0.3) is 0 Å². The van der Waals surface area contributed by atoms with Crippen LogP contribution in [0.3, 0.4) is 0 Å². The van der Waals surface area contributed by atoms with E-state index in [1.165, 1.54) is 18.4 Å². The lowest BCUT2D eigenvalue weighted by Crippen LogP contribution is -2.67. The Kier molecular flexibility index (Phi) is 4.99. The molecular formula is C30H46O3. The fraction of sp³-hybridized carbons (Fsp3) is 0.867. The van der Waals surface area contributed by atoms with Gasteiger partial charge in [-0.05, 0) is 104 Å². The molecule has 0 aromatic heterocycles. The van der Waals surface area contributed by atoms with Crippen molar-refractivity contribution in [2.24, 2.45) is 56.7 Å². The molecule has 3 nitrogen and oxygen atoms in total. The number of carbonyl (C=O) groups excluding carboxylic acids is 1. The number of allylic oxidation sites excluding steroid dienone is 1. The van der Waals surface area contributed by atoms with Crippen LogP contribution in [0.2, 0.25) is 0 Å². The van der Waals surface area contributed by atoms with Gasteiger partial charge < -0.3 is 5.11 Å². The average molecular weight is 455 g/mol. The molecule has 0 aromatic rings. The Morgan fingerprint density at radius 1 is 0.879 bits per heavy atom. The van der Waals surface area contributed by atoms with Crippen LogP contribution < -0.4 is 0 Å². The molecule has 0 heterocycles. The maximum Gasteiger partial charge on any atom is 0.309 e. The SMILES string of the molecule is C=C1CCC2(C(=O)O)CCC3(C)C(CCC4C5(C)CCC(=O)C(C)(C)C5CCC43C)C2C1C. The molecule has 1 N–H and O–H groups in total. The zero-order chi connectivity index (χ0) is 24.2. The fourth-order valence-corrected chi connectivity index (χ4v) is 11.2. The Bertz CT molecular complexity index is 902. The quantitative estimate of drug-likeness (QED) is 0.423. The normalized spacial score (nSPS) is 53.3. The third-order valence-corrected chi connectivity index (χ3v) is 13.3. The highest BCUT2D eigenvalue weighted by atomic mass is 16.4. The molecule has 9 atom stereocenters. The van der Waals surface area contributed by atoms with E-state index in [4.69, 9.17) is 0 Å². The van der Waals surface area contributed by atoms with E-state index in [2.05, 4.69) is 48.1 Å². The van der Waals surface area contributed by atoms with Gasteiger partial charge in [-0.1, -0.05) is 53.7 Å². The lowest BCUT2D eigenvalue weighted by molar-refractivity contribution is -0.242. The van der Waals surface area contributed by atoms with Crippen LogP contribution in [-0.2, 0) is 9.59 Å². The predicted molar refractivity (Wildman–Crippen MR) is 132 cm³/mol. The number of ketones is 1. The summed E-state index contributed by atoms with van der Waals surface area (Å²) < 4.78 is 0. The topological polar surface area (TPSA) is 54.4 Å². The van der Waals surface area contributed by atoms with E-state index < -0.39 is 11.4 Å². The summed E-state index contributed by atoms with van der Waals surface area (Å²) in [6.07, 6.45) is 9.94. The molecule has 5 fully saturated rings. The second-order valence-electron chi connectivity index (χ2n) is 14.2. The highest BCUT2D eigenvalue weighted by Gasteiger charge is 2.71. The van der Waals surface area contributed by atoms with Crippen molar-refractivity contribution in [1.29, 1.82) is 0 Å². The van der Waals surface area contributed by atoms with Crippen molar-refractivity contribution in [1.82, 2.24) is 0 Å². The summed E-state index contributed by atoms with van der Waals surface area (Å²) in [7, 11) is 0. The Morgan fingerprint density at radius 3 is 2.24 bits per heavy atom. The minimum Gasteiger partial charge on any atom is -0.481 e. The third-order valence-electron chi connectivity index (χ3n) is 13.3. The van der Waals surface area contributed by atoms with Gasteiger partial charge in [0.2, 0.25) is 0 Å². The molecule has 0 radical (unpaired) electrons. The van der Waals surface area contributed by atoms with E-state index in [0.717, 1.165) is 51.4 Å². The Hall–Kier alpha value is -1.12. The molecule has 5 aliphatic rings. The predicted octanol–water partition coefficient (Wildman–Crippen LogP) is 7.30. The molecule has 184 valence electrons. The van der Waals surface area contributed by atoms with Crippen LogP contribution >= 0.6 is 0 Å². The van der Waals surface area contributed by atoms with Crippen LogP contribution in [0.25, 0.3) is 0 Å². The van der Waals surface area contributed by atoms with Crippen molar-refractivity contribution >= 4 is 11.8 Å². The van der Waals surface area contributed by atoms with Crippen molar-refractivity contribution in [3.63, 3.8) is 0 Å². The zero-order valence-corrected chi connectivity index (χ0v) is 21.9. The minimum absolute atomic E-state index is 0.158. The highest BCUT2D eigenvalue weighted by Crippen LogP contribution is 2.76. The molecule has 9 unspecified atom stereocenters. The maximum absolute atomic E-state index is 12.9. The molecule has 0 saturated heterocycles. The first kappa shape index (κ1) is 23.6. The van der Waals surface area contributed by atoms with Crippen molar-refractivity contribution in [2.45, 2.75) is 106 Å². The number of carboxylic acid groups (broad SMARTS) is 1. The largest absolute Gasteiger partial charge is 0.481 e. The molecule has 0 spiro atoms. The van der Waals surface area contributed by atoms with Gasteiger partial charge in [0.05, 0.1) is 5.41 Å². The van der Waals surface area contributed by atoms with Crippen molar-refractivity contribution in [3.8, 4) is 0 Å². The summed E-state index contributed by atoms with van der Waals surface area (Å²) in [5, 5.41) is 10.5. The summed E-state index contributed by atoms with van der Waals surface area (Å²) in [5.41, 5.74) is 1.07. The van der Waals surface area contributed by atoms with Crippen molar-refractivity contribution in [2.75, 3.05) is 0 Å². The second kappa shape index (κ2) is 6.97. The molecule has 0 bridgehead atoms. The monoisotopic (exact) mass is 454 g/mol. The Morgan fingerprint density at radius 2 is 1.58 bits per heavy atom. The number of carbonyl (C=O) groups is 2. The van der Waals surface area contributed by atoms with Gasteiger partial charge in [-0.25, -0.2) is 0 Å². The van der Waals surface area contributed by atoms with Gasteiger partial charge in [-0.15, -0.1) is 0 Å². The van der Waals surface area contributed by atoms with Crippen molar-refractivity contribution < 1.29 is 14.7 Å². The average Bonchev–Trinajstić information content (AvgIpc) is 2.74. The number of aliphatic carboxylic acids is 1. The number of rotatable bonds is 1. The van der Waals surface area contributed by atoms with Crippen LogP contribution in [0.5, 0.6) is 0 Å². The number of fused-ring (bicyclic) bond motifs is 7. The first-order valence-corrected chi connectivity index (χ1v) is 13.7. The van der Waals surface area contributed by atoms with Crippen LogP contribution in [-0.4, -0.2) is 16.9 Å². The molecule has 5 aliphatic carbocycles. The Labute approximate surface area is 201 Å². The summed E-state index contributed by atoms with van der Waals surface area (Å²) in [5.74, 6) is 1.96. The summed E-state index contributed by atoms with van der Waals surface area (Å²) in [6, 6.07) is 0. The lowest BCUT2D eigenvalue weighted by atomic mass is 9.31. The summed E-state index contributed by atoms with van der Waals surface area (Å²) in [4.78, 5) is 25.7. The molecular weight excluding hydrogens is 408 g/mol. The summed E-state index contributed by atoms with van der Waals surface area (Å²) >= 11 is 0. The molecule has 3 heteroatoms. The fourth-order valence-electron chi connectivity index (χ4n) is 11.2. The van der Waals surface area contributed by atoms with Gasteiger partial charge in [0.1, 0.15) is 5.78 Å². The first-order valence-electron chi connectivity index (χ1n) is 13.7. The highest BCUT2D eigenvalue weighted by molar-refractivity contribution is 5.85. The van der Waals surface area contributed by atoms with Gasteiger partial charge in [0.15, 0.2) is 0 Å². The van der Waals surface area contributed by atoms with Crippen LogP contribution in [0, 0.1) is 56.7 Å². The van der Waals surface area contributed by atoms with Gasteiger partial charge in [-0.2, -0.15) is 0 Å². The van der Waals surface area contributed by atoms with Crippen molar-refractivity contribution in [3.05, 3.63) is 12.2 Å². The number of hydrogen-bond donors (Lipinski definition) is 1. The van der Waals surface area contributed by atoms with Crippen LogP contribution in [0.1, 0.15) is 106 Å². The standard InChI is InChI=1S/C30H46O3/c1-18-10-15-30(25(32)33)17-16-28(6)20(24(30)19(18)2)8-9-22-27(5)13-12-23(31)26(3,4)21(27)11-14-29(22,28)7/h19-22,24H,1,8-17H2,2-7H3,(H,32,33). The number of hydrogen-bond acceptors (Lipinski definition) is 2. The smallest absolute Gasteiger partial charge is 0.309 e. The molecule has 0 aromatic carbocycles. The van der Waals surface area contributed by atoms with E-state index >= 15 is 0 Å². The van der Waals surface area contributed by atoms with Gasteiger partial charge in [0, 0.05) is 11.8 Å². The number of carboxylic acids is 1. The van der Waals surface area contributed by atoms with E-state index in [1.54, 1.807) is 0 Å². The molecule has 0 aliphatic heterocycles.